The molecule has 1 aliphatic carbocycles. The summed E-state index contributed by atoms with van der Waals surface area (Å²) in [7, 11) is 0. The molecule has 1 amide bonds. The minimum absolute atomic E-state index is 0.494. The maximum Gasteiger partial charge on any atom is 0.214 e. The van der Waals surface area contributed by atoms with Crippen LogP contribution in [-0.4, -0.2) is 24.5 Å². The Morgan fingerprint density at radius 2 is 2.11 bits per heavy atom. The van der Waals surface area contributed by atoms with Crippen molar-refractivity contribution in [2.45, 2.75) is 45.4 Å². The van der Waals surface area contributed by atoms with E-state index in [1.165, 1.54) is 32.1 Å². The third kappa shape index (κ3) is 2.95. The third-order valence-corrected chi connectivity index (χ3v) is 4.21. The number of amides is 1. The van der Waals surface area contributed by atoms with Gasteiger partial charge in [-0.05, 0) is 19.3 Å². The molecule has 0 aromatic heterocycles. The molecule has 0 N–H and O–H groups in total. The lowest BCUT2D eigenvalue weighted by Crippen LogP contribution is -2.26. The van der Waals surface area contributed by atoms with Gasteiger partial charge in [0.05, 0.1) is 5.70 Å². The Morgan fingerprint density at radius 3 is 2.67 bits per heavy atom. The van der Waals surface area contributed by atoms with Gasteiger partial charge < -0.3 is 9.64 Å². The molecular formula is C15H23NO2. The van der Waals surface area contributed by atoms with E-state index in [-0.39, 0.29) is 0 Å². The number of hydrogen-bond donors (Lipinski definition) is 0. The zero-order chi connectivity index (χ0) is 13.0. The Labute approximate surface area is 109 Å². The van der Waals surface area contributed by atoms with Gasteiger partial charge in [0.2, 0.25) is 6.41 Å². The predicted molar refractivity (Wildman–Crippen MR) is 71.8 cm³/mol. The Hall–Kier alpha value is -1.25. The molecule has 0 saturated heterocycles. The summed E-state index contributed by atoms with van der Waals surface area (Å²) in [6.07, 6.45) is 8.79. The van der Waals surface area contributed by atoms with Crippen LogP contribution in [0.2, 0.25) is 0 Å². The normalized spacial score (nSPS) is 21.1. The van der Waals surface area contributed by atoms with Crippen LogP contribution in [0.25, 0.3) is 0 Å². The molecule has 0 radical (unpaired) electrons. The fraction of sp³-hybridized carbons (Fsp3) is 0.667. The van der Waals surface area contributed by atoms with E-state index < -0.39 is 0 Å². The third-order valence-electron chi connectivity index (χ3n) is 4.21. The molecule has 1 heterocycles. The van der Waals surface area contributed by atoms with Crippen LogP contribution >= 0.6 is 0 Å². The lowest BCUT2D eigenvalue weighted by Gasteiger charge is -2.25. The number of carbonyl (C=O) groups is 1. The van der Waals surface area contributed by atoms with Gasteiger partial charge in [-0.25, -0.2) is 0 Å². The first-order valence-electron chi connectivity index (χ1n) is 6.96. The summed E-state index contributed by atoms with van der Waals surface area (Å²) in [6.45, 7) is 7.11. The first-order valence-corrected chi connectivity index (χ1v) is 6.96. The van der Waals surface area contributed by atoms with Crippen LogP contribution in [-0.2, 0) is 9.53 Å². The minimum atomic E-state index is 0.494. The maximum absolute atomic E-state index is 11.2. The maximum atomic E-state index is 11.2. The molecule has 0 spiro atoms. The largest absolute Gasteiger partial charge is 0.488 e. The lowest BCUT2D eigenvalue weighted by molar-refractivity contribution is -0.116. The van der Waals surface area contributed by atoms with Crippen molar-refractivity contribution in [3.8, 4) is 0 Å². The second-order valence-corrected chi connectivity index (χ2v) is 5.38. The van der Waals surface area contributed by atoms with Crippen molar-refractivity contribution in [1.29, 1.82) is 0 Å². The molecule has 3 heteroatoms. The van der Waals surface area contributed by atoms with Crippen LogP contribution in [0.15, 0.2) is 23.6 Å². The minimum Gasteiger partial charge on any atom is -0.488 e. The fourth-order valence-corrected chi connectivity index (χ4v) is 2.88. The number of hydrogen-bond acceptors (Lipinski definition) is 2. The van der Waals surface area contributed by atoms with Gasteiger partial charge in [0, 0.05) is 12.1 Å². The van der Waals surface area contributed by atoms with Crippen LogP contribution in [0.5, 0.6) is 0 Å². The van der Waals surface area contributed by atoms with E-state index in [2.05, 4.69) is 6.58 Å². The van der Waals surface area contributed by atoms with Crippen molar-refractivity contribution in [1.82, 2.24) is 4.90 Å². The highest BCUT2D eigenvalue weighted by atomic mass is 16.5. The van der Waals surface area contributed by atoms with E-state index in [0.29, 0.717) is 12.4 Å². The smallest absolute Gasteiger partial charge is 0.214 e. The van der Waals surface area contributed by atoms with Crippen molar-refractivity contribution in [3.05, 3.63) is 23.6 Å². The van der Waals surface area contributed by atoms with E-state index >= 15 is 0 Å². The Morgan fingerprint density at radius 1 is 1.39 bits per heavy atom. The highest BCUT2D eigenvalue weighted by Crippen LogP contribution is 2.28. The summed E-state index contributed by atoms with van der Waals surface area (Å²) < 4.78 is 5.38. The number of nitrogens with zero attached hydrogens (tertiary/aromatic N) is 1. The molecule has 100 valence electrons. The first-order chi connectivity index (χ1) is 8.72. The lowest BCUT2D eigenvalue weighted by atomic mass is 9.87. The first kappa shape index (κ1) is 13.2. The highest BCUT2D eigenvalue weighted by Gasteiger charge is 2.22. The van der Waals surface area contributed by atoms with E-state index in [1.54, 1.807) is 0 Å². The molecule has 0 aromatic rings. The van der Waals surface area contributed by atoms with E-state index in [1.807, 2.05) is 11.8 Å². The summed E-state index contributed by atoms with van der Waals surface area (Å²) in [6, 6.07) is 0. The monoisotopic (exact) mass is 249 g/mol. The fourth-order valence-electron chi connectivity index (χ4n) is 2.88. The average molecular weight is 249 g/mol. The highest BCUT2D eigenvalue weighted by molar-refractivity contribution is 5.53. The molecule has 2 rings (SSSR count). The SMILES string of the molecule is C=C1OCC(N(C=O)CCC2CCCCC2)=C1C. The molecule has 18 heavy (non-hydrogen) atoms. The zero-order valence-corrected chi connectivity index (χ0v) is 11.3. The van der Waals surface area contributed by atoms with Gasteiger partial charge in [-0.2, -0.15) is 0 Å². The standard InChI is InChI=1S/C15H23NO2/c1-12-13(2)18-10-15(12)16(11-17)9-8-14-6-4-3-5-7-14/h11,14H,2-10H2,1H3. The number of carbonyl (C=O) groups excluding carboxylic acids is 1. The molecule has 1 aliphatic heterocycles. The van der Waals surface area contributed by atoms with Crippen molar-refractivity contribution in [2.24, 2.45) is 5.92 Å². The zero-order valence-electron chi connectivity index (χ0n) is 11.3. The van der Waals surface area contributed by atoms with Crippen LogP contribution < -0.4 is 0 Å². The van der Waals surface area contributed by atoms with Gasteiger partial charge in [-0.1, -0.05) is 38.7 Å². The van der Waals surface area contributed by atoms with E-state index in [9.17, 15) is 4.79 Å². The van der Waals surface area contributed by atoms with Crippen LogP contribution in [0.3, 0.4) is 0 Å². The van der Waals surface area contributed by atoms with Crippen LogP contribution in [0, 0.1) is 5.92 Å². The van der Waals surface area contributed by atoms with Gasteiger partial charge in [0.1, 0.15) is 12.4 Å². The molecule has 0 atom stereocenters. The summed E-state index contributed by atoms with van der Waals surface area (Å²) >= 11 is 0. The summed E-state index contributed by atoms with van der Waals surface area (Å²) in [5.41, 5.74) is 2.01. The van der Waals surface area contributed by atoms with Gasteiger partial charge in [-0.15, -0.1) is 0 Å². The molecule has 0 aromatic carbocycles. The van der Waals surface area contributed by atoms with Crippen molar-refractivity contribution in [2.75, 3.05) is 13.2 Å². The predicted octanol–water partition coefficient (Wildman–Crippen LogP) is 3.23. The summed E-state index contributed by atoms with van der Waals surface area (Å²) in [5, 5.41) is 0. The van der Waals surface area contributed by atoms with Gasteiger partial charge in [0.15, 0.2) is 0 Å². The summed E-state index contributed by atoms with van der Waals surface area (Å²) in [4.78, 5) is 13.0. The molecule has 1 fully saturated rings. The molecular weight excluding hydrogens is 226 g/mol. The second kappa shape index (κ2) is 6.07. The van der Waals surface area contributed by atoms with E-state index in [4.69, 9.17) is 4.74 Å². The van der Waals surface area contributed by atoms with Crippen molar-refractivity contribution >= 4 is 6.41 Å². The Kier molecular flexibility index (Phi) is 4.45. The topological polar surface area (TPSA) is 29.5 Å². The number of allylic oxidation sites excluding steroid dienone is 1. The number of ether oxygens (including phenoxy) is 1. The molecule has 1 saturated carbocycles. The Balaban J connectivity index is 1.89. The average Bonchev–Trinajstić information content (AvgIpc) is 2.73. The number of rotatable bonds is 5. The van der Waals surface area contributed by atoms with Gasteiger partial charge >= 0.3 is 0 Å². The van der Waals surface area contributed by atoms with E-state index in [0.717, 1.165) is 36.6 Å². The van der Waals surface area contributed by atoms with Gasteiger partial charge in [0.25, 0.3) is 0 Å². The van der Waals surface area contributed by atoms with Crippen LogP contribution in [0.4, 0.5) is 0 Å². The van der Waals surface area contributed by atoms with Gasteiger partial charge in [-0.3, -0.25) is 4.79 Å². The van der Waals surface area contributed by atoms with Crippen molar-refractivity contribution < 1.29 is 9.53 Å². The summed E-state index contributed by atoms with van der Waals surface area (Å²) in [5.74, 6) is 1.50. The Bertz CT molecular complexity index is 354. The molecule has 0 unspecified atom stereocenters. The molecule has 0 bridgehead atoms. The van der Waals surface area contributed by atoms with Crippen LogP contribution in [0.1, 0.15) is 45.4 Å². The quantitative estimate of drug-likeness (QED) is 0.700. The molecule has 2 aliphatic rings. The second-order valence-electron chi connectivity index (χ2n) is 5.38. The molecule has 3 nitrogen and oxygen atoms in total. The van der Waals surface area contributed by atoms with Crippen molar-refractivity contribution in [3.63, 3.8) is 0 Å².